The summed E-state index contributed by atoms with van der Waals surface area (Å²) in [5.74, 6) is -1.64. The summed E-state index contributed by atoms with van der Waals surface area (Å²) in [6.07, 6.45) is 4.12. The van der Waals surface area contributed by atoms with Gasteiger partial charge in [0.2, 0.25) is 17.7 Å². The molecule has 0 aromatic carbocycles. The second-order valence-corrected chi connectivity index (χ2v) is 16.2. The normalized spacial score (nSPS) is 26.6. The first kappa shape index (κ1) is 40.5. The molecule has 0 radical (unpaired) electrons. The maximum Gasteiger partial charge on any atom is 0.481 e. The van der Waals surface area contributed by atoms with Gasteiger partial charge in [-0.15, -0.1) is 0 Å². The Balaban J connectivity index is 1.74. The summed E-state index contributed by atoms with van der Waals surface area (Å²) in [7, 11) is -0.646. The molecule has 4 aliphatic rings. The Bertz CT molecular complexity index is 1280. The first-order chi connectivity index (χ1) is 22.8. The van der Waals surface area contributed by atoms with E-state index in [1.165, 1.54) is 6.92 Å². The molecule has 4 fully saturated rings. The van der Waals surface area contributed by atoms with Crippen LogP contribution >= 0.6 is 0 Å². The van der Waals surface area contributed by atoms with Gasteiger partial charge in [-0.25, -0.2) is 0 Å². The van der Waals surface area contributed by atoms with E-state index in [2.05, 4.69) is 55.9 Å². The van der Waals surface area contributed by atoms with E-state index >= 15 is 0 Å². The van der Waals surface area contributed by atoms with Crippen molar-refractivity contribution in [2.75, 3.05) is 6.54 Å². The fourth-order valence-electron chi connectivity index (χ4n) is 7.62. The third-order valence-corrected chi connectivity index (χ3v) is 10.6. The van der Waals surface area contributed by atoms with Crippen LogP contribution in [0.1, 0.15) is 108 Å². The zero-order valence-corrected chi connectivity index (χ0v) is 31.2. The lowest BCUT2D eigenvalue weighted by Gasteiger charge is -2.64. The Kier molecular flexibility index (Phi) is 13.9. The van der Waals surface area contributed by atoms with Gasteiger partial charge in [0.1, 0.15) is 23.7 Å². The molecule has 8 atom stereocenters. The highest BCUT2D eigenvalue weighted by Gasteiger charge is 2.68. The van der Waals surface area contributed by atoms with Gasteiger partial charge in [-0.1, -0.05) is 61.5 Å². The predicted molar refractivity (Wildman–Crippen MR) is 187 cm³/mol. The van der Waals surface area contributed by atoms with Crippen molar-refractivity contribution in [1.29, 1.82) is 5.26 Å². The maximum absolute atomic E-state index is 14.0. The van der Waals surface area contributed by atoms with Gasteiger partial charge in [0.15, 0.2) is 0 Å². The van der Waals surface area contributed by atoms with Crippen molar-refractivity contribution in [3.05, 3.63) is 11.6 Å². The van der Waals surface area contributed by atoms with E-state index in [4.69, 9.17) is 9.31 Å². The molecular weight excluding hydrogens is 625 g/mol. The van der Waals surface area contributed by atoms with E-state index < -0.39 is 66.4 Å². The van der Waals surface area contributed by atoms with Crippen LogP contribution in [-0.4, -0.2) is 78.2 Å². The summed E-state index contributed by atoms with van der Waals surface area (Å²) >= 11 is 0. The number of aliphatic hydroxyl groups excluding tert-OH is 1. The molecule has 0 aromatic rings. The minimum absolute atomic E-state index is 0.0444. The lowest BCUT2D eigenvalue weighted by molar-refractivity contribution is -0.199. The fourth-order valence-corrected chi connectivity index (χ4v) is 7.62. The molecule has 13 heteroatoms. The molecular formula is C36H60BN5O7. The number of unbranched alkanes of at least 4 members (excludes halogenated alkanes) is 1. The van der Waals surface area contributed by atoms with Gasteiger partial charge in [0, 0.05) is 12.5 Å². The average molecular weight is 686 g/mol. The molecule has 4 rings (SSSR count). The molecule has 3 saturated carbocycles. The number of nitrogens with one attached hydrogen (secondary N) is 4. The van der Waals surface area contributed by atoms with Crippen LogP contribution in [0.25, 0.3) is 0 Å². The third kappa shape index (κ3) is 9.86. The Hall–Kier alpha value is -2.95. The molecule has 1 heterocycles. The predicted octanol–water partition coefficient (Wildman–Crippen LogP) is 3.18. The molecule has 3 aliphatic carbocycles. The molecule has 5 N–H and O–H groups in total. The minimum atomic E-state index is -1.26. The van der Waals surface area contributed by atoms with Gasteiger partial charge in [-0.05, 0) is 81.5 Å². The van der Waals surface area contributed by atoms with Gasteiger partial charge in [-0.3, -0.25) is 19.2 Å². The number of allylic oxidation sites excluding steroid dienone is 1. The van der Waals surface area contributed by atoms with E-state index in [-0.39, 0.29) is 41.9 Å². The number of hydrogen-bond acceptors (Lipinski definition) is 8. The number of rotatable bonds is 17. The van der Waals surface area contributed by atoms with Crippen LogP contribution in [0.5, 0.6) is 0 Å². The molecule has 274 valence electrons. The van der Waals surface area contributed by atoms with Crippen molar-refractivity contribution in [1.82, 2.24) is 21.3 Å². The third-order valence-electron chi connectivity index (χ3n) is 10.6. The largest absolute Gasteiger partial charge is 0.481 e. The summed E-state index contributed by atoms with van der Waals surface area (Å²) in [5.41, 5.74) is -0.230. The van der Waals surface area contributed by atoms with Crippen molar-refractivity contribution in [3.63, 3.8) is 0 Å². The Labute approximate surface area is 293 Å². The van der Waals surface area contributed by atoms with Crippen LogP contribution in [0.15, 0.2) is 11.6 Å². The van der Waals surface area contributed by atoms with E-state index in [1.807, 2.05) is 19.9 Å². The van der Waals surface area contributed by atoms with Crippen LogP contribution in [0.4, 0.5) is 0 Å². The molecule has 49 heavy (non-hydrogen) atoms. The molecule has 12 nitrogen and oxygen atoms in total. The SMILES string of the molecule is CC(C)C=C(C#N)C(=O)NCCCCC(NC(=O)C(NC(=O)C(C)C)C(C)O)C(=O)NC(CC(C)C)B1O[C@@H]2C[C@@H]3C[C@@H](C3(C)C)[C@]2(C)O1. The van der Waals surface area contributed by atoms with Crippen molar-refractivity contribution in [3.8, 4) is 6.07 Å². The van der Waals surface area contributed by atoms with Crippen LogP contribution in [0, 0.1) is 46.3 Å². The number of nitrogens with zero attached hydrogens (tertiary/aromatic N) is 1. The summed E-state index contributed by atoms with van der Waals surface area (Å²) in [6.45, 7) is 19.7. The highest BCUT2D eigenvalue weighted by atomic mass is 16.7. The summed E-state index contributed by atoms with van der Waals surface area (Å²) < 4.78 is 13.3. The lowest BCUT2D eigenvalue weighted by Crippen LogP contribution is -2.65. The molecule has 1 saturated heterocycles. The standard InChI is InChI=1S/C36H60BN5O7/c1-20(2)15-24(19-38)32(45)39-14-12-11-13-26(40-34(47)30(23(7)43)42-31(44)22(5)6)33(46)41-29(16-21(3)4)37-48-28-18-25-17-27(35(25,8)9)36(28,10)49-37/h15,20-23,25-30,43H,11-14,16-18H2,1-10H3,(H,39,45)(H,40,47)(H,41,46)(H,42,44)/t23?,25-,26?,27-,28+,29?,30?,36-/m0/s1. The van der Waals surface area contributed by atoms with E-state index in [0.717, 1.165) is 12.8 Å². The summed E-state index contributed by atoms with van der Waals surface area (Å²) in [5, 5.41) is 30.9. The number of amides is 4. The average Bonchev–Trinajstić information content (AvgIpc) is 3.37. The first-order valence-corrected chi connectivity index (χ1v) is 18.1. The van der Waals surface area contributed by atoms with Crippen molar-refractivity contribution < 1.29 is 33.6 Å². The van der Waals surface area contributed by atoms with Crippen molar-refractivity contribution in [2.45, 2.75) is 144 Å². The van der Waals surface area contributed by atoms with Gasteiger partial charge >= 0.3 is 7.12 Å². The quantitative estimate of drug-likeness (QED) is 0.0671. The van der Waals surface area contributed by atoms with Crippen LogP contribution in [-0.2, 0) is 28.5 Å². The summed E-state index contributed by atoms with van der Waals surface area (Å²) in [4.78, 5) is 52.4. The van der Waals surface area contributed by atoms with E-state index in [0.29, 0.717) is 31.1 Å². The molecule has 0 aromatic heterocycles. The Morgan fingerprint density at radius 1 is 0.959 bits per heavy atom. The molecule has 0 spiro atoms. The van der Waals surface area contributed by atoms with Crippen LogP contribution in [0.2, 0.25) is 0 Å². The highest BCUT2D eigenvalue weighted by Crippen LogP contribution is 2.65. The van der Waals surface area contributed by atoms with Gasteiger partial charge in [-0.2, -0.15) is 5.26 Å². The van der Waals surface area contributed by atoms with Crippen LogP contribution < -0.4 is 21.3 Å². The lowest BCUT2D eigenvalue weighted by atomic mass is 9.43. The first-order valence-electron chi connectivity index (χ1n) is 18.1. The van der Waals surface area contributed by atoms with Gasteiger partial charge in [0.25, 0.3) is 5.91 Å². The van der Waals surface area contributed by atoms with Gasteiger partial charge in [0.05, 0.1) is 23.8 Å². The molecule has 4 unspecified atom stereocenters. The number of carbonyl (C=O) groups excluding carboxylic acids is 4. The highest BCUT2D eigenvalue weighted by molar-refractivity contribution is 6.48. The van der Waals surface area contributed by atoms with Crippen LogP contribution in [0.3, 0.4) is 0 Å². The number of carbonyl (C=O) groups is 4. The van der Waals surface area contributed by atoms with E-state index in [1.54, 1.807) is 19.9 Å². The second-order valence-electron chi connectivity index (χ2n) is 16.2. The topological polar surface area (TPSA) is 179 Å². The molecule has 2 bridgehead atoms. The van der Waals surface area contributed by atoms with E-state index in [9.17, 15) is 29.5 Å². The Morgan fingerprint density at radius 3 is 2.18 bits per heavy atom. The number of hydrogen-bond donors (Lipinski definition) is 5. The van der Waals surface area contributed by atoms with Crippen molar-refractivity contribution >= 4 is 30.7 Å². The smallest absolute Gasteiger partial charge is 0.404 e. The van der Waals surface area contributed by atoms with Crippen molar-refractivity contribution in [2.24, 2.45) is 35.0 Å². The molecule has 4 amide bonds. The second kappa shape index (κ2) is 16.8. The summed E-state index contributed by atoms with van der Waals surface area (Å²) in [6, 6.07) is -0.332. The number of aliphatic hydroxyl groups is 1. The zero-order valence-electron chi connectivity index (χ0n) is 31.2. The Morgan fingerprint density at radius 2 is 1.63 bits per heavy atom. The number of nitriles is 1. The minimum Gasteiger partial charge on any atom is -0.404 e. The monoisotopic (exact) mass is 685 g/mol. The van der Waals surface area contributed by atoms with Gasteiger partial charge < -0.3 is 35.7 Å². The molecule has 1 aliphatic heterocycles. The fraction of sp³-hybridized carbons (Fsp3) is 0.806. The zero-order chi connectivity index (χ0) is 36.8. The maximum atomic E-state index is 14.0.